The van der Waals surface area contributed by atoms with Gasteiger partial charge in [-0.25, -0.2) is 4.68 Å². The van der Waals surface area contributed by atoms with Crippen LogP contribution in [-0.2, 0) is 4.79 Å². The quantitative estimate of drug-likeness (QED) is 0.577. The predicted octanol–water partition coefficient (Wildman–Crippen LogP) is 3.64. The molecule has 2 amide bonds. The first-order chi connectivity index (χ1) is 14.4. The van der Waals surface area contributed by atoms with Crippen LogP contribution in [0, 0.1) is 5.92 Å². The second kappa shape index (κ2) is 8.33. The highest BCUT2D eigenvalue weighted by molar-refractivity contribution is 6.31. The van der Waals surface area contributed by atoms with E-state index >= 15 is 0 Å². The minimum atomic E-state index is -0.614. The monoisotopic (exact) mass is 427 g/mol. The smallest absolute Gasteiger partial charge is 0.256 e. The van der Waals surface area contributed by atoms with Crippen LogP contribution < -0.4 is 16.0 Å². The number of nitrogens with one attached hydrogen (secondary N) is 3. The maximum atomic E-state index is 12.8. The van der Waals surface area contributed by atoms with Crippen molar-refractivity contribution in [1.29, 1.82) is 0 Å². The van der Waals surface area contributed by atoms with Crippen LogP contribution in [-0.4, -0.2) is 27.6 Å². The molecule has 3 heterocycles. The van der Waals surface area contributed by atoms with Crippen LogP contribution in [0.15, 0.2) is 53.1 Å². The van der Waals surface area contributed by atoms with Crippen molar-refractivity contribution in [3.63, 3.8) is 0 Å². The van der Waals surface area contributed by atoms with E-state index in [2.05, 4.69) is 21.0 Å². The number of nitrogens with zero attached hydrogens (tertiary/aromatic N) is 2. The van der Waals surface area contributed by atoms with Crippen LogP contribution in [0.3, 0.4) is 0 Å². The molecular weight excluding hydrogens is 406 g/mol. The van der Waals surface area contributed by atoms with Crippen LogP contribution in [0.25, 0.3) is 11.5 Å². The highest BCUT2D eigenvalue weighted by atomic mass is 35.5. The van der Waals surface area contributed by atoms with Crippen LogP contribution in [0.1, 0.15) is 36.9 Å². The van der Waals surface area contributed by atoms with Gasteiger partial charge in [-0.15, -0.1) is 0 Å². The molecule has 0 saturated carbocycles. The minimum Gasteiger partial charge on any atom is -0.463 e. The number of amides is 2. The van der Waals surface area contributed by atoms with E-state index in [0.717, 1.165) is 0 Å². The van der Waals surface area contributed by atoms with Crippen molar-refractivity contribution in [1.82, 2.24) is 20.4 Å². The second-order valence-electron chi connectivity index (χ2n) is 7.49. The fourth-order valence-corrected chi connectivity index (χ4v) is 3.51. The van der Waals surface area contributed by atoms with Crippen LogP contribution in [0.5, 0.6) is 0 Å². The van der Waals surface area contributed by atoms with Gasteiger partial charge in [-0.05, 0) is 36.2 Å². The molecule has 156 valence electrons. The number of benzene rings is 1. The molecule has 8 nitrogen and oxygen atoms in total. The van der Waals surface area contributed by atoms with E-state index in [9.17, 15) is 9.59 Å². The number of halogens is 1. The van der Waals surface area contributed by atoms with Crippen LogP contribution in [0.2, 0.25) is 5.02 Å². The van der Waals surface area contributed by atoms with E-state index in [0.29, 0.717) is 34.3 Å². The summed E-state index contributed by atoms with van der Waals surface area (Å²) in [5.74, 6) is 0.790. The third-order valence-corrected chi connectivity index (χ3v) is 5.20. The van der Waals surface area contributed by atoms with Gasteiger partial charge in [-0.3, -0.25) is 14.9 Å². The lowest BCUT2D eigenvalue weighted by Gasteiger charge is -2.34. The number of carbonyl (C=O) groups is 2. The molecule has 2 atom stereocenters. The van der Waals surface area contributed by atoms with E-state index < -0.39 is 6.29 Å². The van der Waals surface area contributed by atoms with Crippen molar-refractivity contribution in [3.8, 4) is 11.5 Å². The van der Waals surface area contributed by atoms with Crippen molar-refractivity contribution in [2.45, 2.75) is 32.6 Å². The van der Waals surface area contributed by atoms with Gasteiger partial charge in [0.15, 0.2) is 12.0 Å². The fourth-order valence-electron chi connectivity index (χ4n) is 3.32. The first kappa shape index (κ1) is 20.2. The zero-order chi connectivity index (χ0) is 21.3. The molecule has 0 spiro atoms. The van der Waals surface area contributed by atoms with Crippen molar-refractivity contribution < 1.29 is 14.0 Å². The molecule has 1 aromatic carbocycles. The second-order valence-corrected chi connectivity index (χ2v) is 7.93. The standard InChI is InChI=1S/C21H22ClN5O3/c1-12(2)15-11-19(28)25-21(23-15)27-18(10-16(26-27)17-7-4-8-30-17)24-20(29)13-5-3-6-14(22)9-13/h3-10,12,15,21,23H,11H2,1-2H3,(H,24,29)(H,25,28). The molecule has 3 N–H and O–H groups in total. The Hall–Kier alpha value is -3.10. The normalized spacial score (nSPS) is 19.0. The van der Waals surface area contributed by atoms with Gasteiger partial charge in [0.1, 0.15) is 11.5 Å². The summed E-state index contributed by atoms with van der Waals surface area (Å²) in [5.41, 5.74) is 0.944. The minimum absolute atomic E-state index is 0.0171. The van der Waals surface area contributed by atoms with E-state index in [4.69, 9.17) is 16.0 Å². The summed E-state index contributed by atoms with van der Waals surface area (Å²) in [4.78, 5) is 25.1. The molecule has 1 saturated heterocycles. The van der Waals surface area contributed by atoms with E-state index in [1.165, 1.54) is 0 Å². The Morgan fingerprint density at radius 3 is 2.83 bits per heavy atom. The Bertz CT molecular complexity index is 1060. The molecule has 1 aliphatic heterocycles. The Morgan fingerprint density at radius 2 is 2.13 bits per heavy atom. The SMILES string of the molecule is CC(C)C1CC(=O)NC(n2nc(-c3ccco3)cc2NC(=O)c2cccc(Cl)c2)N1. The Balaban J connectivity index is 1.68. The number of aromatic nitrogens is 2. The molecule has 1 aliphatic rings. The highest BCUT2D eigenvalue weighted by Crippen LogP contribution is 2.26. The molecule has 9 heteroatoms. The molecule has 0 bridgehead atoms. The number of furan rings is 1. The van der Waals surface area contributed by atoms with Crippen molar-refractivity contribution >= 4 is 29.2 Å². The summed E-state index contributed by atoms with van der Waals surface area (Å²) in [7, 11) is 0. The Kier molecular flexibility index (Phi) is 5.61. The largest absolute Gasteiger partial charge is 0.463 e. The number of rotatable bonds is 5. The molecule has 30 heavy (non-hydrogen) atoms. The first-order valence-electron chi connectivity index (χ1n) is 9.66. The number of carbonyl (C=O) groups excluding carboxylic acids is 2. The average molecular weight is 428 g/mol. The third-order valence-electron chi connectivity index (χ3n) is 4.96. The lowest BCUT2D eigenvalue weighted by molar-refractivity contribution is -0.126. The molecule has 2 aromatic heterocycles. The maximum absolute atomic E-state index is 12.8. The fraction of sp³-hybridized carbons (Fsp3) is 0.286. The van der Waals surface area contributed by atoms with Gasteiger partial charge in [-0.2, -0.15) is 5.10 Å². The van der Waals surface area contributed by atoms with E-state index in [1.807, 2.05) is 13.8 Å². The van der Waals surface area contributed by atoms with Crippen molar-refractivity contribution in [2.75, 3.05) is 5.32 Å². The summed E-state index contributed by atoms with van der Waals surface area (Å²) < 4.78 is 7.00. The van der Waals surface area contributed by atoms with Gasteiger partial charge in [-0.1, -0.05) is 31.5 Å². The lowest BCUT2D eigenvalue weighted by atomic mass is 9.99. The zero-order valence-corrected chi connectivity index (χ0v) is 17.3. The summed E-state index contributed by atoms with van der Waals surface area (Å²) in [6.07, 6.45) is 1.32. The topological polar surface area (TPSA) is 101 Å². The molecule has 0 radical (unpaired) electrons. The molecule has 3 aromatic rings. The average Bonchev–Trinajstić information content (AvgIpc) is 3.37. The molecule has 2 unspecified atom stereocenters. The molecule has 0 aliphatic carbocycles. The van der Waals surface area contributed by atoms with Crippen LogP contribution >= 0.6 is 11.6 Å². The van der Waals surface area contributed by atoms with Gasteiger partial charge < -0.3 is 15.1 Å². The summed E-state index contributed by atoms with van der Waals surface area (Å²) in [6.45, 7) is 4.10. The summed E-state index contributed by atoms with van der Waals surface area (Å²) in [5, 5.41) is 14.2. The maximum Gasteiger partial charge on any atom is 0.256 e. The molecule has 1 fully saturated rings. The van der Waals surface area contributed by atoms with Crippen LogP contribution in [0.4, 0.5) is 5.82 Å². The summed E-state index contributed by atoms with van der Waals surface area (Å²) >= 11 is 6.01. The number of hydrogen-bond donors (Lipinski definition) is 3. The van der Waals surface area contributed by atoms with Gasteiger partial charge in [0.2, 0.25) is 5.91 Å². The first-order valence-corrected chi connectivity index (χ1v) is 10.0. The zero-order valence-electron chi connectivity index (χ0n) is 16.6. The summed E-state index contributed by atoms with van der Waals surface area (Å²) in [6, 6.07) is 11.9. The number of hydrogen-bond acceptors (Lipinski definition) is 5. The third kappa shape index (κ3) is 4.24. The molecular formula is C21H22ClN5O3. The highest BCUT2D eigenvalue weighted by Gasteiger charge is 2.31. The Morgan fingerprint density at radius 1 is 1.30 bits per heavy atom. The Labute approximate surface area is 178 Å². The van der Waals surface area contributed by atoms with Gasteiger partial charge in [0.05, 0.1) is 6.26 Å². The van der Waals surface area contributed by atoms with Gasteiger partial charge in [0.25, 0.3) is 5.91 Å². The predicted molar refractivity (Wildman–Crippen MR) is 113 cm³/mol. The van der Waals surface area contributed by atoms with Gasteiger partial charge >= 0.3 is 0 Å². The lowest BCUT2D eigenvalue weighted by Crippen LogP contribution is -2.55. The van der Waals surface area contributed by atoms with Crippen molar-refractivity contribution in [2.24, 2.45) is 5.92 Å². The van der Waals surface area contributed by atoms with Gasteiger partial charge in [0, 0.05) is 29.1 Å². The molecule has 4 rings (SSSR count). The number of anilines is 1. The van der Waals surface area contributed by atoms with E-state index in [-0.39, 0.29) is 23.8 Å². The van der Waals surface area contributed by atoms with Crippen molar-refractivity contribution in [3.05, 3.63) is 59.3 Å². The van der Waals surface area contributed by atoms with E-state index in [1.54, 1.807) is 53.4 Å².